The summed E-state index contributed by atoms with van der Waals surface area (Å²) in [6.07, 6.45) is 10.1. The van der Waals surface area contributed by atoms with Crippen LogP contribution in [-0.4, -0.2) is 63.9 Å². The maximum absolute atomic E-state index is 13.2. The average Bonchev–Trinajstić information content (AvgIpc) is 3.10. The molecule has 1 aromatic heterocycles. The van der Waals surface area contributed by atoms with Crippen LogP contribution in [0.2, 0.25) is 0 Å². The average molecular weight is 667 g/mol. The van der Waals surface area contributed by atoms with Crippen LogP contribution < -0.4 is 15.4 Å². The number of carboxylic acids is 1. The molecule has 49 heavy (non-hydrogen) atoms. The van der Waals surface area contributed by atoms with Gasteiger partial charge < -0.3 is 25.6 Å². The first-order valence-corrected chi connectivity index (χ1v) is 17.2. The number of aliphatic carboxylic acids is 1. The summed E-state index contributed by atoms with van der Waals surface area (Å²) < 4.78 is 5.89. The van der Waals surface area contributed by atoms with Gasteiger partial charge in [-0.3, -0.25) is 9.59 Å². The van der Waals surface area contributed by atoms with Crippen LogP contribution in [-0.2, 0) is 16.6 Å². The zero-order chi connectivity index (χ0) is 35.2. The molecule has 260 valence electrons. The summed E-state index contributed by atoms with van der Waals surface area (Å²) in [7, 11) is 0. The molecule has 4 aromatic rings. The maximum atomic E-state index is 13.2. The van der Waals surface area contributed by atoms with Crippen molar-refractivity contribution in [2.45, 2.75) is 83.7 Å². The number of benzene rings is 3. The molecule has 0 spiro atoms. The van der Waals surface area contributed by atoms with E-state index in [-0.39, 0.29) is 17.9 Å². The van der Waals surface area contributed by atoms with Crippen LogP contribution in [0.3, 0.4) is 0 Å². The van der Waals surface area contributed by atoms with Crippen molar-refractivity contribution in [1.82, 2.24) is 20.6 Å². The summed E-state index contributed by atoms with van der Waals surface area (Å²) in [5, 5.41) is 24.8. The number of carbonyl (C=O) groups is 2. The van der Waals surface area contributed by atoms with E-state index in [1.165, 1.54) is 25.7 Å². The van der Waals surface area contributed by atoms with E-state index in [4.69, 9.17) is 4.74 Å². The van der Waals surface area contributed by atoms with Gasteiger partial charge in [-0.05, 0) is 59.2 Å². The summed E-state index contributed by atoms with van der Waals surface area (Å²) in [5.41, 5.74) is 5.31. The highest BCUT2D eigenvalue weighted by Gasteiger charge is 2.21. The molecule has 0 saturated heterocycles. The molecule has 1 heterocycles. The monoisotopic (exact) mass is 666 g/mol. The summed E-state index contributed by atoms with van der Waals surface area (Å²) in [6, 6.07) is 21.7. The molecule has 0 radical (unpaired) electrons. The molecule has 0 aliphatic carbocycles. The van der Waals surface area contributed by atoms with Gasteiger partial charge in [0.1, 0.15) is 11.8 Å². The van der Waals surface area contributed by atoms with Gasteiger partial charge >= 0.3 is 5.97 Å². The third-order valence-corrected chi connectivity index (χ3v) is 8.49. The third kappa shape index (κ3) is 11.5. The molecule has 0 aliphatic rings. The molecule has 2 atom stereocenters. The van der Waals surface area contributed by atoms with Crippen LogP contribution in [0, 0.1) is 0 Å². The number of hydrogen-bond acceptors (Lipinski definition) is 7. The van der Waals surface area contributed by atoms with E-state index >= 15 is 0 Å². The lowest BCUT2D eigenvalue weighted by molar-refractivity contribution is -0.140. The van der Waals surface area contributed by atoms with Gasteiger partial charge in [0.25, 0.3) is 5.91 Å². The van der Waals surface area contributed by atoms with E-state index in [1.54, 1.807) is 12.1 Å². The Morgan fingerprint density at radius 3 is 2.04 bits per heavy atom. The van der Waals surface area contributed by atoms with E-state index in [1.807, 2.05) is 73.1 Å². The van der Waals surface area contributed by atoms with Crippen LogP contribution in [0.1, 0.15) is 81.3 Å². The van der Waals surface area contributed by atoms with Gasteiger partial charge in [0, 0.05) is 41.7 Å². The topological polar surface area (TPSA) is 134 Å². The van der Waals surface area contributed by atoms with Crippen LogP contribution in [0.15, 0.2) is 85.2 Å². The van der Waals surface area contributed by atoms with Crippen molar-refractivity contribution < 1.29 is 24.5 Å². The highest BCUT2D eigenvalue weighted by atomic mass is 16.5. The predicted molar refractivity (Wildman–Crippen MR) is 194 cm³/mol. The summed E-state index contributed by atoms with van der Waals surface area (Å²) in [6.45, 7) is 8.88. The smallest absolute Gasteiger partial charge is 0.323 e. The molecular formula is C40H50N4O5. The number of ether oxygens (including phenoxy) is 1. The van der Waals surface area contributed by atoms with Gasteiger partial charge in [-0.2, -0.15) is 0 Å². The van der Waals surface area contributed by atoms with Gasteiger partial charge in [0.05, 0.1) is 13.2 Å². The Balaban J connectivity index is 1.38. The van der Waals surface area contributed by atoms with E-state index in [0.29, 0.717) is 17.8 Å². The molecule has 4 rings (SSSR count). The third-order valence-electron chi connectivity index (χ3n) is 8.49. The maximum Gasteiger partial charge on any atom is 0.323 e. The Hall–Kier alpha value is -4.60. The zero-order valence-corrected chi connectivity index (χ0v) is 29.1. The molecule has 0 unspecified atom stereocenters. The van der Waals surface area contributed by atoms with Crippen molar-refractivity contribution >= 4 is 11.9 Å². The first kappa shape index (κ1) is 37.2. The number of rotatable bonds is 18. The number of nitrogens with zero attached hydrogens (tertiary/aromatic N) is 2. The van der Waals surface area contributed by atoms with Crippen molar-refractivity contribution in [3.63, 3.8) is 0 Å². The fraction of sp³-hybridized carbons (Fsp3) is 0.400. The van der Waals surface area contributed by atoms with Crippen LogP contribution in [0.4, 0.5) is 0 Å². The van der Waals surface area contributed by atoms with Gasteiger partial charge in [-0.25, -0.2) is 9.97 Å². The summed E-state index contributed by atoms with van der Waals surface area (Å²) in [4.78, 5) is 33.9. The van der Waals surface area contributed by atoms with E-state index in [9.17, 15) is 19.8 Å². The van der Waals surface area contributed by atoms with Crippen molar-refractivity contribution in [2.24, 2.45) is 0 Å². The number of nitrogens with one attached hydrogen (secondary N) is 2. The second-order valence-electron chi connectivity index (χ2n) is 13.5. The number of hydrogen-bond donors (Lipinski definition) is 4. The number of carboxylic acid groups (broad SMARTS) is 1. The molecule has 0 bridgehead atoms. The van der Waals surface area contributed by atoms with Crippen molar-refractivity contribution in [3.05, 3.63) is 102 Å². The van der Waals surface area contributed by atoms with Crippen LogP contribution in [0.5, 0.6) is 5.75 Å². The molecule has 0 fully saturated rings. The number of aromatic nitrogens is 2. The lowest BCUT2D eigenvalue weighted by Crippen LogP contribution is -2.49. The minimum atomic E-state index is -1.16. The lowest BCUT2D eigenvalue weighted by Gasteiger charge is -2.22. The zero-order valence-electron chi connectivity index (χ0n) is 29.1. The number of carbonyl (C=O) groups excluding carboxylic acids is 1. The molecule has 3 aromatic carbocycles. The Morgan fingerprint density at radius 1 is 0.816 bits per heavy atom. The summed E-state index contributed by atoms with van der Waals surface area (Å²) in [5.74, 6) is 0.0403. The number of amides is 1. The van der Waals surface area contributed by atoms with Gasteiger partial charge in [-0.1, -0.05) is 102 Å². The fourth-order valence-corrected chi connectivity index (χ4v) is 5.42. The van der Waals surface area contributed by atoms with Crippen LogP contribution in [0.25, 0.3) is 22.5 Å². The fourth-order valence-electron chi connectivity index (χ4n) is 5.42. The lowest BCUT2D eigenvalue weighted by atomic mass is 9.86. The molecular weight excluding hydrogens is 616 g/mol. The Labute approximate surface area is 290 Å². The van der Waals surface area contributed by atoms with E-state index < -0.39 is 24.7 Å². The van der Waals surface area contributed by atoms with Crippen molar-refractivity contribution in [1.29, 1.82) is 0 Å². The van der Waals surface area contributed by atoms with Crippen molar-refractivity contribution in [2.75, 3.05) is 19.8 Å². The predicted octanol–water partition coefficient (Wildman–Crippen LogP) is 6.83. The highest BCUT2D eigenvalue weighted by Crippen LogP contribution is 2.24. The van der Waals surface area contributed by atoms with Gasteiger partial charge in [-0.15, -0.1) is 0 Å². The molecule has 0 saturated carbocycles. The molecule has 9 heteroatoms. The highest BCUT2D eigenvalue weighted by molar-refractivity contribution is 5.94. The van der Waals surface area contributed by atoms with Gasteiger partial charge in [0.15, 0.2) is 5.82 Å². The Bertz CT molecular complexity index is 1600. The molecule has 1 amide bonds. The SMILES string of the molecule is CCCCCCCOc1ccc(-c2cnc(-c3ccc(C[C@@H](CN[C@H](CO)C(=O)O)NC(=O)c4ccc(C(C)(C)C)cc4)cc3)nc2)cc1. The number of aliphatic hydroxyl groups excluding tert-OH is 1. The quantitative estimate of drug-likeness (QED) is 0.0850. The second-order valence-corrected chi connectivity index (χ2v) is 13.5. The van der Waals surface area contributed by atoms with Gasteiger partial charge in [0.2, 0.25) is 0 Å². The number of aliphatic hydroxyl groups is 1. The van der Waals surface area contributed by atoms with E-state index in [2.05, 4.69) is 48.3 Å². The minimum Gasteiger partial charge on any atom is -0.494 e. The molecule has 9 nitrogen and oxygen atoms in total. The minimum absolute atomic E-state index is 0.0362. The normalized spacial score (nSPS) is 12.7. The Kier molecular flexibility index (Phi) is 13.9. The molecule has 4 N–H and O–H groups in total. The first-order chi connectivity index (χ1) is 23.6. The first-order valence-electron chi connectivity index (χ1n) is 17.2. The summed E-state index contributed by atoms with van der Waals surface area (Å²) >= 11 is 0. The van der Waals surface area contributed by atoms with E-state index in [0.717, 1.165) is 46.6 Å². The molecule has 0 aliphatic heterocycles. The largest absolute Gasteiger partial charge is 0.494 e. The van der Waals surface area contributed by atoms with Crippen molar-refractivity contribution in [3.8, 4) is 28.3 Å². The Morgan fingerprint density at radius 2 is 1.45 bits per heavy atom. The standard InChI is InChI=1S/C40H50N4O5/c1-5-6-7-8-9-22-49-35-20-16-29(17-21-35)32-24-42-37(43-25-32)30-12-10-28(11-13-30)23-34(26-41-36(27-45)39(47)48)44-38(46)31-14-18-33(19-15-31)40(2,3)4/h10-21,24-25,34,36,41,45H,5-9,22-23,26-27H2,1-4H3,(H,44,46)(H,47,48)/t34-,36+/m0/s1. The van der Waals surface area contributed by atoms with Crippen LogP contribution >= 0.6 is 0 Å². The second kappa shape index (κ2) is 18.2. The number of unbranched alkanes of at least 4 members (excludes halogenated alkanes) is 4.